The van der Waals surface area contributed by atoms with E-state index < -0.39 is 17.6 Å². The van der Waals surface area contributed by atoms with Gasteiger partial charge in [0, 0.05) is 6.20 Å². The smallest absolute Gasteiger partial charge is 0.324 e. The van der Waals surface area contributed by atoms with Crippen LogP contribution >= 0.6 is 23.4 Å². The summed E-state index contributed by atoms with van der Waals surface area (Å²) in [5.41, 5.74) is 0.0789. The molecule has 1 N–H and O–H groups in total. The van der Waals surface area contributed by atoms with Gasteiger partial charge in [0.1, 0.15) is 10.7 Å². The number of anilines is 1. The second-order valence-corrected chi connectivity index (χ2v) is 7.61. The lowest BCUT2D eigenvalue weighted by molar-refractivity contribution is -0.137. The number of thioether (sulfide) groups is 1. The minimum atomic E-state index is -4.54. The number of aromatic nitrogens is 5. The van der Waals surface area contributed by atoms with E-state index in [2.05, 4.69) is 25.6 Å². The van der Waals surface area contributed by atoms with Crippen LogP contribution < -0.4 is 5.32 Å². The van der Waals surface area contributed by atoms with Crippen LogP contribution in [-0.4, -0.2) is 36.5 Å². The fourth-order valence-electron chi connectivity index (χ4n) is 2.63. The zero-order valence-electron chi connectivity index (χ0n) is 15.5. The van der Waals surface area contributed by atoms with Crippen molar-refractivity contribution in [2.45, 2.75) is 11.2 Å². The first-order valence-corrected chi connectivity index (χ1v) is 10.1. The van der Waals surface area contributed by atoms with Gasteiger partial charge < -0.3 is 5.32 Å². The fourth-order valence-corrected chi connectivity index (χ4v) is 3.45. The molecule has 158 valence electrons. The van der Waals surface area contributed by atoms with E-state index in [1.54, 1.807) is 30.5 Å². The largest absolute Gasteiger partial charge is 0.416 e. The van der Waals surface area contributed by atoms with E-state index >= 15 is 0 Å². The minimum Gasteiger partial charge on any atom is -0.324 e. The maximum Gasteiger partial charge on any atom is 0.416 e. The van der Waals surface area contributed by atoms with Crippen LogP contribution in [-0.2, 0) is 11.0 Å². The maximum atomic E-state index is 12.9. The first-order valence-electron chi connectivity index (χ1n) is 8.74. The third kappa shape index (κ3) is 4.78. The summed E-state index contributed by atoms with van der Waals surface area (Å²) in [4.78, 5) is 16.5. The topological polar surface area (TPSA) is 85.1 Å². The van der Waals surface area contributed by atoms with Crippen LogP contribution in [0.2, 0.25) is 5.02 Å². The van der Waals surface area contributed by atoms with Gasteiger partial charge in [-0.1, -0.05) is 29.4 Å². The normalized spacial score (nSPS) is 11.6. The molecule has 0 aliphatic heterocycles. The summed E-state index contributed by atoms with van der Waals surface area (Å²) < 4.78 is 40.1. The molecule has 0 fully saturated rings. The van der Waals surface area contributed by atoms with E-state index in [4.69, 9.17) is 11.6 Å². The Kier molecular flexibility index (Phi) is 5.79. The molecule has 0 atom stereocenters. The highest BCUT2D eigenvalue weighted by molar-refractivity contribution is 7.99. The monoisotopic (exact) mass is 464 g/mol. The maximum absolute atomic E-state index is 12.9. The molecule has 1 amide bonds. The third-order valence-electron chi connectivity index (χ3n) is 4.05. The number of carbonyl (C=O) groups excluding carboxylic acids is 1. The van der Waals surface area contributed by atoms with Gasteiger partial charge in [-0.05, 0) is 42.5 Å². The van der Waals surface area contributed by atoms with Crippen molar-refractivity contribution in [3.8, 4) is 11.5 Å². The predicted octanol–water partition coefficient (Wildman–Crippen LogP) is 4.59. The number of hydrogen-bond acceptors (Lipinski definition) is 6. The van der Waals surface area contributed by atoms with Crippen LogP contribution in [0, 0.1) is 0 Å². The zero-order chi connectivity index (χ0) is 22.0. The average Bonchev–Trinajstić information content (AvgIpc) is 3.17. The first-order chi connectivity index (χ1) is 14.8. The highest BCUT2D eigenvalue weighted by Gasteiger charge is 2.31. The number of alkyl halides is 3. The molecule has 1 aromatic carbocycles. The Labute approximate surface area is 182 Å². The molecule has 4 rings (SSSR count). The predicted molar refractivity (Wildman–Crippen MR) is 110 cm³/mol. The van der Waals surface area contributed by atoms with Crippen molar-refractivity contribution in [3.63, 3.8) is 0 Å². The van der Waals surface area contributed by atoms with E-state index in [9.17, 15) is 18.0 Å². The van der Waals surface area contributed by atoms with Gasteiger partial charge in [-0.15, -0.1) is 10.2 Å². The van der Waals surface area contributed by atoms with Crippen LogP contribution in [0.25, 0.3) is 17.2 Å². The summed E-state index contributed by atoms with van der Waals surface area (Å²) in [6.07, 6.45) is -2.92. The lowest BCUT2D eigenvalue weighted by Gasteiger charge is -2.11. The van der Waals surface area contributed by atoms with E-state index in [0.717, 1.165) is 30.0 Å². The number of benzene rings is 1. The third-order valence-corrected chi connectivity index (χ3v) is 5.30. The summed E-state index contributed by atoms with van der Waals surface area (Å²) >= 11 is 7.01. The van der Waals surface area contributed by atoms with Crippen molar-refractivity contribution in [2.24, 2.45) is 0 Å². The molecule has 0 spiro atoms. The Morgan fingerprint density at radius 1 is 1.13 bits per heavy atom. The number of nitrogens with zero attached hydrogens (tertiary/aromatic N) is 5. The Morgan fingerprint density at radius 2 is 1.97 bits per heavy atom. The first kappa shape index (κ1) is 21.1. The molecular formula is C19H12ClF3N6OS. The number of rotatable bonds is 5. The lowest BCUT2D eigenvalue weighted by Crippen LogP contribution is -2.15. The molecule has 0 aliphatic carbocycles. The number of fused-ring (bicyclic) bond motifs is 1. The highest BCUT2D eigenvalue weighted by atomic mass is 35.5. The van der Waals surface area contributed by atoms with Crippen LogP contribution in [0.15, 0.2) is 59.8 Å². The van der Waals surface area contributed by atoms with Gasteiger partial charge >= 0.3 is 6.18 Å². The number of carbonyl (C=O) groups is 1. The summed E-state index contributed by atoms with van der Waals surface area (Å²) in [6, 6.07) is 11.5. The highest BCUT2D eigenvalue weighted by Crippen LogP contribution is 2.34. The molecule has 0 radical (unpaired) electrons. The van der Waals surface area contributed by atoms with Crippen LogP contribution in [0.3, 0.4) is 0 Å². The number of pyridine rings is 1. The van der Waals surface area contributed by atoms with Crippen molar-refractivity contribution in [3.05, 3.63) is 65.3 Å². The molecule has 3 aromatic heterocycles. The Bertz CT molecular complexity index is 1250. The number of halogens is 4. The van der Waals surface area contributed by atoms with E-state index in [0.29, 0.717) is 22.2 Å². The Morgan fingerprint density at radius 3 is 2.71 bits per heavy atom. The molecule has 7 nitrogen and oxygen atoms in total. The Hall–Kier alpha value is -3.18. The molecule has 3 heterocycles. The number of amides is 1. The van der Waals surface area contributed by atoms with Gasteiger partial charge in [-0.2, -0.15) is 22.8 Å². The van der Waals surface area contributed by atoms with Gasteiger partial charge in [-0.3, -0.25) is 9.78 Å². The molecule has 12 heteroatoms. The Balaban J connectivity index is 1.48. The summed E-state index contributed by atoms with van der Waals surface area (Å²) in [5, 5.41) is 15.4. The second-order valence-electron chi connectivity index (χ2n) is 6.21. The van der Waals surface area contributed by atoms with Crippen molar-refractivity contribution in [1.29, 1.82) is 0 Å². The molecule has 31 heavy (non-hydrogen) atoms. The van der Waals surface area contributed by atoms with E-state index in [1.165, 1.54) is 4.52 Å². The standard InChI is InChI=1S/C19H12ClF3N6OS/c20-12-5-4-11(19(21,22)23)9-14(12)25-16(30)10-31-17-7-6-15-26-27-18(29(15)28-17)13-3-1-2-8-24-13/h1-9H,10H2,(H,25,30). The molecular weight excluding hydrogens is 453 g/mol. The van der Waals surface area contributed by atoms with Crippen LogP contribution in [0.1, 0.15) is 5.56 Å². The lowest BCUT2D eigenvalue weighted by atomic mass is 10.2. The molecule has 0 unspecified atom stereocenters. The molecule has 0 saturated heterocycles. The fraction of sp³-hybridized carbons (Fsp3) is 0.105. The van der Waals surface area contributed by atoms with Crippen LogP contribution in [0.5, 0.6) is 0 Å². The van der Waals surface area contributed by atoms with Crippen LogP contribution in [0.4, 0.5) is 18.9 Å². The second kappa shape index (κ2) is 8.52. The molecule has 0 aliphatic rings. The molecule has 0 bridgehead atoms. The van der Waals surface area contributed by atoms with Gasteiger partial charge in [0.15, 0.2) is 5.65 Å². The van der Waals surface area contributed by atoms with E-state index in [1.807, 2.05) is 6.07 Å². The van der Waals surface area contributed by atoms with Gasteiger partial charge in [0.05, 0.1) is 22.0 Å². The van der Waals surface area contributed by atoms with Crippen molar-refractivity contribution in [1.82, 2.24) is 24.8 Å². The average molecular weight is 465 g/mol. The summed E-state index contributed by atoms with van der Waals surface area (Å²) in [5.74, 6) is -0.174. The molecule has 4 aromatic rings. The number of nitrogens with one attached hydrogen (secondary N) is 1. The summed E-state index contributed by atoms with van der Waals surface area (Å²) in [6.45, 7) is 0. The van der Waals surface area contributed by atoms with Crippen molar-refractivity contribution in [2.75, 3.05) is 11.1 Å². The van der Waals surface area contributed by atoms with Gasteiger partial charge in [-0.25, -0.2) is 0 Å². The zero-order valence-corrected chi connectivity index (χ0v) is 17.0. The summed E-state index contributed by atoms with van der Waals surface area (Å²) in [7, 11) is 0. The van der Waals surface area contributed by atoms with Gasteiger partial charge in [0.2, 0.25) is 11.7 Å². The number of hydrogen-bond donors (Lipinski definition) is 1. The van der Waals surface area contributed by atoms with Crippen molar-refractivity contribution >= 4 is 40.6 Å². The van der Waals surface area contributed by atoms with Crippen molar-refractivity contribution < 1.29 is 18.0 Å². The quantitative estimate of drug-likeness (QED) is 0.435. The SMILES string of the molecule is O=C(CSc1ccc2nnc(-c3ccccn3)n2n1)Nc1cc(C(F)(F)F)ccc1Cl. The minimum absolute atomic E-state index is 0.00962. The molecule has 0 saturated carbocycles. The van der Waals surface area contributed by atoms with E-state index in [-0.39, 0.29) is 16.5 Å². The van der Waals surface area contributed by atoms with Gasteiger partial charge in [0.25, 0.3) is 0 Å².